The molecule has 0 radical (unpaired) electrons. The van der Waals surface area contributed by atoms with E-state index in [0.29, 0.717) is 24.9 Å². The summed E-state index contributed by atoms with van der Waals surface area (Å²) in [4.78, 5) is 11.1. The zero-order chi connectivity index (χ0) is 19.1. The van der Waals surface area contributed by atoms with Gasteiger partial charge in [-0.05, 0) is 28.1 Å². The first-order valence-electron chi connectivity index (χ1n) is 8.74. The second-order valence-corrected chi connectivity index (χ2v) is 6.77. The lowest BCUT2D eigenvalue weighted by Crippen LogP contribution is -2.36. The Labute approximate surface area is 167 Å². The van der Waals surface area contributed by atoms with E-state index in [1.165, 1.54) is 0 Å². The minimum absolute atomic E-state index is 0.482. The third kappa shape index (κ3) is 5.21. The number of hydrogen-bond acceptors (Lipinski definition) is 8. The van der Waals surface area contributed by atoms with Gasteiger partial charge >= 0.3 is 0 Å². The number of hydrogen-bond donors (Lipinski definition) is 2. The molecule has 0 spiro atoms. The molecule has 8 nitrogen and oxygen atoms in total. The van der Waals surface area contributed by atoms with Gasteiger partial charge in [0.05, 0.1) is 37.1 Å². The van der Waals surface area contributed by atoms with Crippen molar-refractivity contribution in [3.05, 3.63) is 28.9 Å². The van der Waals surface area contributed by atoms with Crippen LogP contribution in [0, 0.1) is 0 Å². The summed E-state index contributed by atoms with van der Waals surface area (Å²) in [5, 5.41) is 6.44. The van der Waals surface area contributed by atoms with Crippen molar-refractivity contribution in [2.45, 2.75) is 0 Å². The van der Waals surface area contributed by atoms with Crippen molar-refractivity contribution >= 4 is 39.1 Å². The van der Waals surface area contributed by atoms with Gasteiger partial charge in [0.25, 0.3) is 0 Å². The molecule has 146 valence electrons. The molecular weight excluding hydrogens is 414 g/mol. The van der Waals surface area contributed by atoms with Crippen LogP contribution >= 0.6 is 15.9 Å². The minimum atomic E-state index is 0.482. The lowest BCUT2D eigenvalue weighted by atomic mass is 10.2. The van der Waals surface area contributed by atoms with E-state index in [0.717, 1.165) is 47.9 Å². The highest BCUT2D eigenvalue weighted by Gasteiger charge is 2.14. The summed E-state index contributed by atoms with van der Waals surface area (Å²) in [5.74, 6) is 1.92. The number of methoxy groups -OCH3 is 2. The molecule has 1 saturated heterocycles. The van der Waals surface area contributed by atoms with E-state index < -0.39 is 0 Å². The predicted octanol–water partition coefficient (Wildman–Crippen LogP) is 2.89. The summed E-state index contributed by atoms with van der Waals surface area (Å²) < 4.78 is 16.8. The average molecular weight is 438 g/mol. The van der Waals surface area contributed by atoms with E-state index in [1.807, 2.05) is 12.1 Å². The number of anilines is 4. The SMILES string of the molecule is COCCNc1nc(Nc2ccc(N3CCOCC3)cc2OC)ncc1Br. The van der Waals surface area contributed by atoms with Crippen LogP contribution in [0.25, 0.3) is 0 Å². The second kappa shape index (κ2) is 9.72. The molecule has 1 aliphatic rings. The van der Waals surface area contributed by atoms with Gasteiger partial charge in [0.1, 0.15) is 11.6 Å². The van der Waals surface area contributed by atoms with Crippen LogP contribution in [0.2, 0.25) is 0 Å². The van der Waals surface area contributed by atoms with Crippen molar-refractivity contribution < 1.29 is 14.2 Å². The first-order chi connectivity index (χ1) is 13.2. The Morgan fingerprint density at radius 3 is 2.81 bits per heavy atom. The van der Waals surface area contributed by atoms with Crippen LogP contribution < -0.4 is 20.3 Å². The normalized spacial score (nSPS) is 14.1. The predicted molar refractivity (Wildman–Crippen MR) is 109 cm³/mol. The maximum atomic E-state index is 5.57. The second-order valence-electron chi connectivity index (χ2n) is 5.92. The number of nitrogens with one attached hydrogen (secondary N) is 2. The van der Waals surface area contributed by atoms with E-state index in [-0.39, 0.29) is 0 Å². The van der Waals surface area contributed by atoms with E-state index in [4.69, 9.17) is 14.2 Å². The van der Waals surface area contributed by atoms with Gasteiger partial charge in [-0.1, -0.05) is 0 Å². The quantitative estimate of drug-likeness (QED) is 0.610. The average Bonchev–Trinajstić information content (AvgIpc) is 2.71. The fourth-order valence-corrected chi connectivity index (χ4v) is 3.08. The Hall–Kier alpha value is -2.10. The van der Waals surface area contributed by atoms with Gasteiger partial charge in [-0.3, -0.25) is 0 Å². The number of aromatic nitrogens is 2. The Balaban J connectivity index is 1.75. The van der Waals surface area contributed by atoms with Crippen LogP contribution in [0.3, 0.4) is 0 Å². The van der Waals surface area contributed by atoms with Crippen molar-refractivity contribution in [3.8, 4) is 5.75 Å². The molecule has 0 amide bonds. The molecule has 0 saturated carbocycles. The van der Waals surface area contributed by atoms with Gasteiger partial charge in [0, 0.05) is 44.7 Å². The molecule has 27 heavy (non-hydrogen) atoms. The smallest absolute Gasteiger partial charge is 0.229 e. The highest BCUT2D eigenvalue weighted by molar-refractivity contribution is 9.10. The standard InChI is InChI=1S/C18H24BrN5O3/c1-25-8-5-20-17-14(19)12-21-18(23-17)22-15-4-3-13(11-16(15)26-2)24-6-9-27-10-7-24/h3-4,11-12H,5-10H2,1-2H3,(H2,20,21,22,23). The fraction of sp³-hybridized carbons (Fsp3) is 0.444. The fourth-order valence-electron chi connectivity index (χ4n) is 2.74. The molecule has 3 rings (SSSR count). The molecule has 1 aromatic carbocycles. The molecular formula is C18H24BrN5O3. The molecule has 1 aromatic heterocycles. The van der Waals surface area contributed by atoms with Crippen LogP contribution in [0.1, 0.15) is 0 Å². The molecule has 0 aliphatic carbocycles. The monoisotopic (exact) mass is 437 g/mol. The largest absolute Gasteiger partial charge is 0.494 e. The number of rotatable bonds is 8. The first-order valence-corrected chi connectivity index (χ1v) is 9.53. The number of morpholine rings is 1. The summed E-state index contributed by atoms with van der Waals surface area (Å²) in [5.41, 5.74) is 1.92. The van der Waals surface area contributed by atoms with Crippen molar-refractivity contribution in [2.24, 2.45) is 0 Å². The third-order valence-corrected chi connectivity index (χ3v) is 4.73. The number of nitrogens with zero attached hydrogens (tertiary/aromatic N) is 3. The maximum Gasteiger partial charge on any atom is 0.229 e. The highest BCUT2D eigenvalue weighted by Crippen LogP contribution is 2.32. The molecule has 0 bridgehead atoms. The molecule has 1 aliphatic heterocycles. The Kier molecular flexibility index (Phi) is 7.08. The molecule has 2 aromatic rings. The Morgan fingerprint density at radius 1 is 1.26 bits per heavy atom. The minimum Gasteiger partial charge on any atom is -0.494 e. The summed E-state index contributed by atoms with van der Waals surface area (Å²) in [6, 6.07) is 6.06. The van der Waals surface area contributed by atoms with Crippen molar-refractivity contribution in [2.75, 3.05) is 69.2 Å². The molecule has 9 heteroatoms. The van der Waals surface area contributed by atoms with E-state index in [1.54, 1.807) is 20.4 Å². The van der Waals surface area contributed by atoms with Crippen LogP contribution in [0.4, 0.5) is 23.1 Å². The summed E-state index contributed by atoms with van der Waals surface area (Å²) in [7, 11) is 3.32. The zero-order valence-corrected chi connectivity index (χ0v) is 17.1. The van der Waals surface area contributed by atoms with E-state index in [2.05, 4.69) is 47.5 Å². The van der Waals surface area contributed by atoms with Gasteiger partial charge < -0.3 is 29.7 Å². The Morgan fingerprint density at radius 2 is 2.07 bits per heavy atom. The summed E-state index contributed by atoms with van der Waals surface area (Å²) in [6.07, 6.45) is 1.71. The van der Waals surface area contributed by atoms with Crippen molar-refractivity contribution in [1.29, 1.82) is 0 Å². The first kappa shape index (κ1) is 19.7. The van der Waals surface area contributed by atoms with Crippen molar-refractivity contribution in [1.82, 2.24) is 9.97 Å². The zero-order valence-electron chi connectivity index (χ0n) is 15.5. The molecule has 1 fully saturated rings. The third-order valence-electron chi connectivity index (χ3n) is 4.15. The van der Waals surface area contributed by atoms with Gasteiger partial charge in [-0.2, -0.15) is 4.98 Å². The summed E-state index contributed by atoms with van der Waals surface area (Å²) >= 11 is 3.45. The van der Waals surface area contributed by atoms with Gasteiger partial charge in [0.15, 0.2) is 0 Å². The van der Waals surface area contributed by atoms with Crippen LogP contribution in [0.5, 0.6) is 5.75 Å². The van der Waals surface area contributed by atoms with Crippen LogP contribution in [0.15, 0.2) is 28.9 Å². The van der Waals surface area contributed by atoms with Gasteiger partial charge in [-0.25, -0.2) is 4.98 Å². The lowest BCUT2D eigenvalue weighted by molar-refractivity contribution is 0.122. The molecule has 0 atom stereocenters. The number of halogens is 1. The summed E-state index contributed by atoms with van der Waals surface area (Å²) in [6.45, 7) is 4.49. The molecule has 2 heterocycles. The number of benzene rings is 1. The van der Waals surface area contributed by atoms with Gasteiger partial charge in [-0.15, -0.1) is 0 Å². The van der Waals surface area contributed by atoms with E-state index >= 15 is 0 Å². The molecule has 0 unspecified atom stereocenters. The van der Waals surface area contributed by atoms with Crippen LogP contribution in [-0.2, 0) is 9.47 Å². The Bertz CT molecular complexity index is 756. The number of ether oxygens (including phenoxy) is 3. The lowest BCUT2D eigenvalue weighted by Gasteiger charge is -2.29. The molecule has 2 N–H and O–H groups in total. The van der Waals surface area contributed by atoms with Crippen molar-refractivity contribution in [3.63, 3.8) is 0 Å². The van der Waals surface area contributed by atoms with E-state index in [9.17, 15) is 0 Å². The van der Waals surface area contributed by atoms with Gasteiger partial charge in [0.2, 0.25) is 5.95 Å². The highest BCUT2D eigenvalue weighted by atomic mass is 79.9. The maximum absolute atomic E-state index is 5.57. The topological polar surface area (TPSA) is 80.8 Å². The van der Waals surface area contributed by atoms with Crippen LogP contribution in [-0.4, -0.2) is 63.6 Å².